The van der Waals surface area contributed by atoms with Gasteiger partial charge in [-0.05, 0) is 12.1 Å². The zero-order valence-electron chi connectivity index (χ0n) is 6.56. The monoisotopic (exact) mass is 180 g/mol. The van der Waals surface area contributed by atoms with Gasteiger partial charge in [-0.3, -0.25) is 0 Å². The number of hydrogen-bond donors (Lipinski definition) is 1. The van der Waals surface area contributed by atoms with Crippen LogP contribution in [-0.4, -0.2) is 12.3 Å². The zero-order valence-corrected chi connectivity index (χ0v) is 7.45. The molecule has 1 aromatic carbocycles. The van der Waals surface area contributed by atoms with Crippen molar-refractivity contribution in [2.45, 2.75) is 5.18 Å². The molecule has 0 spiro atoms. The molecule has 12 heavy (non-hydrogen) atoms. The van der Waals surface area contributed by atoms with E-state index in [4.69, 9.17) is 4.74 Å². The molecule has 0 fully saturated rings. The van der Waals surface area contributed by atoms with Gasteiger partial charge in [-0.25, -0.2) is 9.98 Å². The lowest BCUT2D eigenvalue weighted by Crippen LogP contribution is -2.19. The number of thiol groups is 1. The van der Waals surface area contributed by atoms with E-state index in [2.05, 4.69) is 22.6 Å². The van der Waals surface area contributed by atoms with E-state index in [-0.39, 0.29) is 0 Å². The van der Waals surface area contributed by atoms with E-state index in [9.17, 15) is 0 Å². The maximum atomic E-state index is 5.01. The summed E-state index contributed by atoms with van der Waals surface area (Å²) in [5.74, 6) is 0. The van der Waals surface area contributed by atoms with Crippen molar-refractivity contribution in [2.75, 3.05) is 7.11 Å². The highest BCUT2D eigenvalue weighted by Gasteiger charge is 2.24. The van der Waals surface area contributed by atoms with Crippen LogP contribution in [0, 0.1) is 0 Å². The quantitative estimate of drug-likeness (QED) is 0.483. The smallest absolute Gasteiger partial charge is 0.307 e. The molecule has 4 heteroatoms. The molecule has 0 saturated carbocycles. The number of rotatable bonds is 1. The van der Waals surface area contributed by atoms with Crippen LogP contribution in [0.4, 0.5) is 0 Å². The van der Waals surface area contributed by atoms with E-state index in [0.29, 0.717) is 0 Å². The molecule has 0 aromatic heterocycles. The third-order valence-electron chi connectivity index (χ3n) is 1.69. The van der Waals surface area contributed by atoms with Gasteiger partial charge in [-0.1, -0.05) is 24.8 Å². The average molecular weight is 180 g/mol. The Morgan fingerprint density at radius 3 is 2.17 bits per heavy atom. The lowest BCUT2D eigenvalue weighted by molar-refractivity contribution is 0.0874. The summed E-state index contributed by atoms with van der Waals surface area (Å²) in [7, 11) is 1.53. The number of nitrogens with zero attached hydrogens (tertiary/aromatic N) is 2. The van der Waals surface area contributed by atoms with E-state index in [0.717, 1.165) is 10.7 Å². The molecule has 1 heterocycles. The number of benzene rings is 1. The van der Waals surface area contributed by atoms with Gasteiger partial charge in [-0.15, -0.1) is 0 Å². The highest BCUT2D eigenvalue weighted by atomic mass is 32.1. The molecule has 0 aliphatic carbocycles. The molecule has 0 saturated heterocycles. The fourth-order valence-corrected chi connectivity index (χ4v) is 1.30. The molecule has 1 aliphatic rings. The third-order valence-corrected chi connectivity index (χ3v) is 2.07. The van der Waals surface area contributed by atoms with Crippen LogP contribution in [0.1, 0.15) is 0 Å². The van der Waals surface area contributed by atoms with Crippen molar-refractivity contribution < 1.29 is 4.74 Å². The van der Waals surface area contributed by atoms with Crippen LogP contribution in [0.5, 0.6) is 0 Å². The van der Waals surface area contributed by atoms with Gasteiger partial charge in [0.25, 0.3) is 0 Å². The van der Waals surface area contributed by atoms with Gasteiger partial charge in [0.1, 0.15) is 0 Å². The minimum absolute atomic E-state index is 0.828. The second-order valence-corrected chi connectivity index (χ2v) is 3.07. The molecule has 62 valence electrons. The van der Waals surface area contributed by atoms with Gasteiger partial charge in [0.15, 0.2) is 0 Å². The normalized spacial score (nSPS) is 17.8. The number of para-hydroxylation sites is 2. The van der Waals surface area contributed by atoms with E-state index < -0.39 is 5.18 Å². The molecule has 3 nitrogen and oxygen atoms in total. The average Bonchev–Trinajstić information content (AvgIpc) is 2.42. The lowest BCUT2D eigenvalue weighted by Gasteiger charge is -2.11. The molecule has 0 N–H and O–H groups in total. The second kappa shape index (κ2) is 2.57. The maximum Gasteiger partial charge on any atom is 0.307 e. The Kier molecular flexibility index (Phi) is 1.66. The van der Waals surface area contributed by atoms with Crippen molar-refractivity contribution in [1.82, 2.24) is 0 Å². The van der Waals surface area contributed by atoms with Crippen molar-refractivity contribution in [3.05, 3.63) is 35.0 Å². The first-order chi connectivity index (χ1) is 5.73. The Bertz CT molecular complexity index is 380. The fourth-order valence-electron chi connectivity index (χ4n) is 1.08. The van der Waals surface area contributed by atoms with Gasteiger partial charge in [0.05, 0.1) is 10.7 Å². The number of ether oxygens (including phenoxy) is 1. The lowest BCUT2D eigenvalue weighted by atomic mass is 10.3. The summed E-state index contributed by atoms with van der Waals surface area (Å²) in [5, 5.41) is 0.646. The largest absolute Gasteiger partial charge is 0.330 e. The van der Waals surface area contributed by atoms with Gasteiger partial charge < -0.3 is 4.74 Å². The molecule has 0 bridgehead atoms. The summed E-state index contributed by atoms with van der Waals surface area (Å²) >= 11 is 4.17. The highest BCUT2D eigenvalue weighted by molar-refractivity contribution is 7.81. The first-order valence-corrected chi connectivity index (χ1v) is 4.00. The van der Waals surface area contributed by atoms with Crippen LogP contribution in [0.15, 0.2) is 34.3 Å². The maximum absolute atomic E-state index is 5.01. The van der Waals surface area contributed by atoms with Crippen molar-refractivity contribution in [3.63, 3.8) is 0 Å². The predicted octanol–water partition coefficient (Wildman–Crippen LogP) is 0.127. The summed E-state index contributed by atoms with van der Waals surface area (Å²) in [6.45, 7) is 0. The summed E-state index contributed by atoms with van der Waals surface area (Å²) in [4.78, 5) is 8.35. The van der Waals surface area contributed by atoms with Crippen LogP contribution in [0.2, 0.25) is 0 Å². The fraction of sp³-hybridized carbons (Fsp3) is 0.250. The molecule has 1 aromatic rings. The first kappa shape index (κ1) is 7.76. The van der Waals surface area contributed by atoms with Crippen LogP contribution < -0.4 is 10.7 Å². The number of methoxy groups -OCH3 is 1. The Balaban J connectivity index is 2.68. The Morgan fingerprint density at radius 1 is 1.25 bits per heavy atom. The Morgan fingerprint density at radius 2 is 1.75 bits per heavy atom. The van der Waals surface area contributed by atoms with Crippen LogP contribution in [-0.2, 0) is 4.74 Å². The molecule has 0 atom stereocenters. The summed E-state index contributed by atoms with van der Waals surface area (Å²) < 4.78 is 5.01. The summed E-state index contributed by atoms with van der Waals surface area (Å²) in [6.07, 6.45) is 0. The van der Waals surface area contributed by atoms with E-state index in [1.807, 2.05) is 24.3 Å². The topological polar surface area (TPSA) is 34.0 Å². The SMILES string of the molecule is COC1(S)N=c2ccccc2=N1. The standard InChI is InChI=1S/C8H8N2OS/c1-11-8(12)9-6-4-2-3-5-7(6)10-8/h2-5,12H,1H3. The second-order valence-electron chi connectivity index (χ2n) is 2.49. The first-order valence-electron chi connectivity index (χ1n) is 3.56. The highest BCUT2D eigenvalue weighted by Crippen LogP contribution is 2.18. The molecule has 0 radical (unpaired) electrons. The van der Waals surface area contributed by atoms with E-state index in [1.165, 1.54) is 7.11 Å². The van der Waals surface area contributed by atoms with Crippen LogP contribution >= 0.6 is 12.6 Å². The van der Waals surface area contributed by atoms with Gasteiger partial charge in [0.2, 0.25) is 0 Å². The van der Waals surface area contributed by atoms with Crippen molar-refractivity contribution in [1.29, 1.82) is 0 Å². The minimum Gasteiger partial charge on any atom is -0.330 e. The molecule has 1 aliphatic heterocycles. The van der Waals surface area contributed by atoms with Gasteiger partial charge in [-0.2, -0.15) is 0 Å². The Hall–Kier alpha value is -0.870. The third kappa shape index (κ3) is 1.13. The van der Waals surface area contributed by atoms with Crippen molar-refractivity contribution >= 4 is 12.6 Å². The molecule has 0 amide bonds. The number of fused-ring (bicyclic) bond motifs is 1. The van der Waals surface area contributed by atoms with Gasteiger partial charge in [0, 0.05) is 7.11 Å². The molecule has 2 rings (SSSR count). The van der Waals surface area contributed by atoms with Gasteiger partial charge >= 0.3 is 5.18 Å². The van der Waals surface area contributed by atoms with Crippen molar-refractivity contribution in [3.8, 4) is 0 Å². The molecular formula is C8H8N2OS. The van der Waals surface area contributed by atoms with Crippen LogP contribution in [0.25, 0.3) is 0 Å². The predicted molar refractivity (Wildman–Crippen MR) is 47.5 cm³/mol. The van der Waals surface area contributed by atoms with E-state index in [1.54, 1.807) is 0 Å². The zero-order chi connectivity index (χ0) is 8.60. The minimum atomic E-state index is -1.01. The number of hydrogen-bond acceptors (Lipinski definition) is 4. The van der Waals surface area contributed by atoms with Crippen molar-refractivity contribution in [2.24, 2.45) is 9.98 Å². The summed E-state index contributed by atoms with van der Waals surface area (Å²) in [6, 6.07) is 7.59. The molecular weight excluding hydrogens is 172 g/mol. The Labute approximate surface area is 75.2 Å². The van der Waals surface area contributed by atoms with Crippen LogP contribution in [0.3, 0.4) is 0 Å². The molecule has 0 unspecified atom stereocenters. The van der Waals surface area contributed by atoms with E-state index >= 15 is 0 Å². The summed E-state index contributed by atoms with van der Waals surface area (Å²) in [5.41, 5.74) is 0.